The molecule has 96 valence electrons. The van der Waals surface area contributed by atoms with Crippen LogP contribution in [0.15, 0.2) is 0 Å². The highest BCUT2D eigenvalue weighted by Crippen LogP contribution is 2.22. The highest BCUT2D eigenvalue weighted by molar-refractivity contribution is 4.63. The van der Waals surface area contributed by atoms with Crippen LogP contribution in [-0.2, 0) is 4.74 Å². The van der Waals surface area contributed by atoms with E-state index in [4.69, 9.17) is 4.74 Å². The van der Waals surface area contributed by atoms with Crippen LogP contribution in [0.1, 0.15) is 77.6 Å². The maximum Gasteiger partial charge on any atom is 0.0468 e. The smallest absolute Gasteiger partial charge is 0.0468 e. The van der Waals surface area contributed by atoms with Crippen molar-refractivity contribution in [1.82, 2.24) is 0 Å². The van der Waals surface area contributed by atoms with Crippen molar-refractivity contribution in [2.24, 2.45) is 5.92 Å². The van der Waals surface area contributed by atoms with E-state index in [0.717, 1.165) is 19.1 Å². The second kappa shape index (κ2) is 10.1. The third kappa shape index (κ3) is 7.27. The summed E-state index contributed by atoms with van der Waals surface area (Å²) in [7, 11) is 0. The van der Waals surface area contributed by atoms with Crippen LogP contribution in [0.4, 0.5) is 0 Å². The molecule has 1 aliphatic rings. The summed E-state index contributed by atoms with van der Waals surface area (Å²) in [6, 6.07) is 0. The first-order chi connectivity index (χ1) is 7.93. The lowest BCUT2D eigenvalue weighted by Crippen LogP contribution is -2.00. The van der Waals surface area contributed by atoms with Crippen molar-refractivity contribution < 1.29 is 4.74 Å². The molecule has 1 heteroatoms. The number of hydrogen-bond acceptors (Lipinski definition) is 1. The number of ether oxygens (including phenoxy) is 1. The molecule has 1 unspecified atom stereocenters. The second-order valence-electron chi connectivity index (χ2n) is 5.32. The molecule has 0 N–H and O–H groups in total. The van der Waals surface area contributed by atoms with Crippen molar-refractivity contribution >= 4 is 0 Å². The Labute approximate surface area is 102 Å². The van der Waals surface area contributed by atoms with Crippen LogP contribution >= 0.6 is 0 Å². The highest BCUT2D eigenvalue weighted by Gasteiger charge is 2.11. The van der Waals surface area contributed by atoms with E-state index in [1.165, 1.54) is 70.6 Å². The van der Waals surface area contributed by atoms with E-state index in [9.17, 15) is 0 Å². The fourth-order valence-electron chi connectivity index (χ4n) is 2.65. The number of rotatable bonds is 8. The van der Waals surface area contributed by atoms with Gasteiger partial charge in [-0.05, 0) is 25.2 Å². The van der Waals surface area contributed by atoms with Gasteiger partial charge in [-0.1, -0.05) is 58.3 Å². The Kier molecular flexibility index (Phi) is 8.88. The Morgan fingerprint density at radius 1 is 0.875 bits per heavy atom. The van der Waals surface area contributed by atoms with Gasteiger partial charge in [0.1, 0.15) is 0 Å². The molecule has 0 bridgehead atoms. The predicted molar refractivity (Wildman–Crippen MR) is 70.8 cm³/mol. The van der Waals surface area contributed by atoms with E-state index in [2.05, 4.69) is 6.92 Å². The van der Waals surface area contributed by atoms with Gasteiger partial charge in [0.25, 0.3) is 0 Å². The fraction of sp³-hybridized carbons (Fsp3) is 1.00. The minimum Gasteiger partial charge on any atom is -0.381 e. The van der Waals surface area contributed by atoms with Gasteiger partial charge in [0.2, 0.25) is 0 Å². The minimum absolute atomic E-state index is 0.971. The topological polar surface area (TPSA) is 9.23 Å². The Balaban J connectivity index is 1.86. The van der Waals surface area contributed by atoms with E-state index in [0.29, 0.717) is 0 Å². The van der Waals surface area contributed by atoms with Crippen LogP contribution in [0.3, 0.4) is 0 Å². The Morgan fingerprint density at radius 3 is 2.44 bits per heavy atom. The molecule has 0 aromatic carbocycles. The summed E-state index contributed by atoms with van der Waals surface area (Å²) in [5, 5.41) is 0. The average Bonchev–Trinajstić information content (AvgIpc) is 2.56. The molecular formula is C15H30O. The Morgan fingerprint density at radius 2 is 1.62 bits per heavy atom. The van der Waals surface area contributed by atoms with Crippen molar-refractivity contribution in [1.29, 1.82) is 0 Å². The van der Waals surface area contributed by atoms with Crippen LogP contribution in [0.5, 0.6) is 0 Å². The quantitative estimate of drug-likeness (QED) is 0.532. The lowest BCUT2D eigenvalue weighted by molar-refractivity contribution is 0.141. The molecule has 1 saturated heterocycles. The van der Waals surface area contributed by atoms with Crippen molar-refractivity contribution in [3.63, 3.8) is 0 Å². The molecule has 0 radical (unpaired) electrons. The minimum atomic E-state index is 0.971. The first kappa shape index (κ1) is 14.0. The predicted octanol–water partition coefficient (Wildman–Crippen LogP) is 4.94. The molecule has 1 fully saturated rings. The molecule has 0 aliphatic carbocycles. The van der Waals surface area contributed by atoms with Gasteiger partial charge in [-0.2, -0.15) is 0 Å². The molecule has 1 heterocycles. The van der Waals surface area contributed by atoms with Crippen molar-refractivity contribution in [3.05, 3.63) is 0 Å². The lowest BCUT2D eigenvalue weighted by Gasteiger charge is -2.12. The zero-order valence-electron chi connectivity index (χ0n) is 11.2. The summed E-state index contributed by atoms with van der Waals surface area (Å²) < 4.78 is 5.50. The Bertz CT molecular complexity index is 136. The monoisotopic (exact) mass is 226 g/mol. The van der Waals surface area contributed by atoms with Crippen LogP contribution in [-0.4, -0.2) is 13.2 Å². The van der Waals surface area contributed by atoms with Gasteiger partial charge in [-0.15, -0.1) is 0 Å². The van der Waals surface area contributed by atoms with Crippen molar-refractivity contribution in [2.45, 2.75) is 77.6 Å². The van der Waals surface area contributed by atoms with E-state index >= 15 is 0 Å². The summed E-state index contributed by atoms with van der Waals surface area (Å²) in [4.78, 5) is 0. The molecule has 1 aliphatic heterocycles. The van der Waals surface area contributed by atoms with E-state index < -0.39 is 0 Å². The third-order valence-corrected chi connectivity index (χ3v) is 3.79. The van der Waals surface area contributed by atoms with Crippen LogP contribution in [0.2, 0.25) is 0 Å². The molecule has 0 spiro atoms. The van der Waals surface area contributed by atoms with Gasteiger partial charge in [0, 0.05) is 13.2 Å². The first-order valence-electron chi connectivity index (χ1n) is 7.51. The summed E-state index contributed by atoms with van der Waals surface area (Å²) in [5.41, 5.74) is 0. The molecule has 0 aromatic rings. The van der Waals surface area contributed by atoms with Gasteiger partial charge in [-0.3, -0.25) is 0 Å². The molecule has 1 nitrogen and oxygen atoms in total. The fourth-order valence-corrected chi connectivity index (χ4v) is 2.65. The molecule has 1 atom stereocenters. The summed E-state index contributed by atoms with van der Waals surface area (Å²) >= 11 is 0. The van der Waals surface area contributed by atoms with Gasteiger partial charge >= 0.3 is 0 Å². The number of hydrogen-bond donors (Lipinski definition) is 0. The van der Waals surface area contributed by atoms with Crippen molar-refractivity contribution in [2.75, 3.05) is 13.2 Å². The molecule has 1 rings (SSSR count). The van der Waals surface area contributed by atoms with Crippen molar-refractivity contribution in [3.8, 4) is 0 Å². The number of unbranched alkanes of at least 4 members (excludes halogenated alkanes) is 6. The Hall–Kier alpha value is -0.0400. The highest BCUT2D eigenvalue weighted by atomic mass is 16.5. The zero-order valence-corrected chi connectivity index (χ0v) is 11.2. The summed E-state index contributed by atoms with van der Waals surface area (Å²) in [5.74, 6) is 0.971. The molecule has 0 aromatic heterocycles. The largest absolute Gasteiger partial charge is 0.381 e. The SMILES string of the molecule is CCCCCCCCCC1CCCOCC1. The summed E-state index contributed by atoms with van der Waals surface area (Å²) in [6.07, 6.45) is 15.6. The van der Waals surface area contributed by atoms with E-state index in [-0.39, 0.29) is 0 Å². The molecule has 0 saturated carbocycles. The maximum atomic E-state index is 5.50. The normalized spacial score (nSPS) is 21.9. The van der Waals surface area contributed by atoms with Gasteiger partial charge in [0.15, 0.2) is 0 Å². The second-order valence-corrected chi connectivity index (χ2v) is 5.32. The third-order valence-electron chi connectivity index (χ3n) is 3.79. The van der Waals surface area contributed by atoms with Gasteiger partial charge in [-0.25, -0.2) is 0 Å². The summed E-state index contributed by atoms with van der Waals surface area (Å²) in [6.45, 7) is 4.31. The average molecular weight is 226 g/mol. The standard InChI is InChI=1S/C15H30O/c1-2-3-4-5-6-7-8-10-15-11-9-13-16-14-12-15/h15H,2-14H2,1H3. The maximum absolute atomic E-state index is 5.50. The van der Waals surface area contributed by atoms with Gasteiger partial charge < -0.3 is 4.74 Å². The first-order valence-corrected chi connectivity index (χ1v) is 7.51. The van der Waals surface area contributed by atoms with Crippen LogP contribution in [0, 0.1) is 5.92 Å². The molecular weight excluding hydrogens is 196 g/mol. The zero-order chi connectivity index (χ0) is 11.5. The molecule has 16 heavy (non-hydrogen) atoms. The lowest BCUT2D eigenvalue weighted by atomic mass is 9.94. The van der Waals surface area contributed by atoms with Crippen LogP contribution in [0.25, 0.3) is 0 Å². The van der Waals surface area contributed by atoms with Crippen LogP contribution < -0.4 is 0 Å². The molecule has 0 amide bonds. The van der Waals surface area contributed by atoms with E-state index in [1.54, 1.807) is 0 Å². The van der Waals surface area contributed by atoms with E-state index in [1.807, 2.05) is 0 Å². The van der Waals surface area contributed by atoms with Gasteiger partial charge in [0.05, 0.1) is 0 Å².